The van der Waals surface area contributed by atoms with E-state index >= 15 is 0 Å². The second-order valence-corrected chi connectivity index (χ2v) is 4.91. The lowest BCUT2D eigenvalue weighted by molar-refractivity contribution is 0.0910. The van der Waals surface area contributed by atoms with Crippen molar-refractivity contribution in [2.45, 2.75) is 25.8 Å². The summed E-state index contributed by atoms with van der Waals surface area (Å²) in [6.07, 6.45) is 0.908. The molecule has 17 heavy (non-hydrogen) atoms. The van der Waals surface area contributed by atoms with Crippen molar-refractivity contribution in [3.63, 3.8) is 0 Å². The summed E-state index contributed by atoms with van der Waals surface area (Å²) in [6.45, 7) is 5.48. The Bertz CT molecular complexity index is 437. The SMILES string of the molecule is Cc1cccc(C(=O)NC2(C)CCNC2)c1O. The van der Waals surface area contributed by atoms with Crippen molar-refractivity contribution in [3.8, 4) is 5.75 Å². The minimum absolute atomic E-state index is 0.0690. The maximum atomic E-state index is 12.1. The zero-order valence-corrected chi connectivity index (χ0v) is 10.2. The number of hydrogen-bond acceptors (Lipinski definition) is 3. The summed E-state index contributed by atoms with van der Waals surface area (Å²) in [5, 5.41) is 16.0. The molecule has 1 aliphatic rings. The van der Waals surface area contributed by atoms with Crippen LogP contribution in [0.2, 0.25) is 0 Å². The third-order valence-electron chi connectivity index (χ3n) is 3.27. The summed E-state index contributed by atoms with van der Waals surface area (Å²) in [4.78, 5) is 12.1. The molecule has 0 radical (unpaired) electrons. The van der Waals surface area contributed by atoms with Gasteiger partial charge in [-0.05, 0) is 38.4 Å². The molecule has 3 N–H and O–H groups in total. The average molecular weight is 234 g/mol. The van der Waals surface area contributed by atoms with E-state index in [9.17, 15) is 9.90 Å². The number of benzene rings is 1. The van der Waals surface area contributed by atoms with Crippen molar-refractivity contribution >= 4 is 5.91 Å². The van der Waals surface area contributed by atoms with Gasteiger partial charge in [0.15, 0.2) is 0 Å². The number of aryl methyl sites for hydroxylation is 1. The van der Waals surface area contributed by atoms with E-state index in [-0.39, 0.29) is 17.2 Å². The van der Waals surface area contributed by atoms with Gasteiger partial charge < -0.3 is 15.7 Å². The van der Waals surface area contributed by atoms with Crippen LogP contribution in [0.1, 0.15) is 29.3 Å². The fraction of sp³-hybridized carbons (Fsp3) is 0.462. The second-order valence-electron chi connectivity index (χ2n) is 4.91. The van der Waals surface area contributed by atoms with E-state index in [1.54, 1.807) is 25.1 Å². The van der Waals surface area contributed by atoms with Crippen LogP contribution in [0.5, 0.6) is 5.75 Å². The fourth-order valence-electron chi connectivity index (χ4n) is 2.11. The van der Waals surface area contributed by atoms with Gasteiger partial charge in [0, 0.05) is 6.54 Å². The van der Waals surface area contributed by atoms with Crippen LogP contribution in [0.4, 0.5) is 0 Å². The third-order valence-corrected chi connectivity index (χ3v) is 3.27. The Morgan fingerprint density at radius 3 is 2.94 bits per heavy atom. The van der Waals surface area contributed by atoms with E-state index in [0.29, 0.717) is 11.1 Å². The molecule has 92 valence electrons. The van der Waals surface area contributed by atoms with Crippen LogP contribution in [0.25, 0.3) is 0 Å². The van der Waals surface area contributed by atoms with Gasteiger partial charge in [0.05, 0.1) is 11.1 Å². The minimum Gasteiger partial charge on any atom is -0.507 e. The average Bonchev–Trinajstić information content (AvgIpc) is 2.68. The molecule has 1 aromatic carbocycles. The van der Waals surface area contributed by atoms with Crippen LogP contribution in [0.3, 0.4) is 0 Å². The minimum atomic E-state index is -0.215. The van der Waals surface area contributed by atoms with Crippen LogP contribution < -0.4 is 10.6 Å². The fourth-order valence-corrected chi connectivity index (χ4v) is 2.11. The highest BCUT2D eigenvalue weighted by molar-refractivity contribution is 5.97. The number of carbonyl (C=O) groups excluding carboxylic acids is 1. The van der Waals surface area contributed by atoms with Crippen molar-refractivity contribution < 1.29 is 9.90 Å². The van der Waals surface area contributed by atoms with E-state index < -0.39 is 0 Å². The molecule has 0 spiro atoms. The van der Waals surface area contributed by atoms with Crippen LogP contribution in [-0.4, -0.2) is 29.6 Å². The van der Waals surface area contributed by atoms with E-state index in [4.69, 9.17) is 0 Å². The molecule has 1 atom stereocenters. The molecule has 1 aromatic rings. The van der Waals surface area contributed by atoms with Gasteiger partial charge in [-0.15, -0.1) is 0 Å². The molecule has 1 amide bonds. The van der Waals surface area contributed by atoms with Crippen molar-refractivity contribution in [3.05, 3.63) is 29.3 Å². The number of aromatic hydroxyl groups is 1. The standard InChI is InChI=1S/C13H18N2O2/c1-9-4-3-5-10(11(9)16)12(17)15-13(2)6-7-14-8-13/h3-5,14,16H,6-8H2,1-2H3,(H,15,17). The van der Waals surface area contributed by atoms with Crippen LogP contribution in [-0.2, 0) is 0 Å². The molecule has 2 rings (SSSR count). The summed E-state index contributed by atoms with van der Waals surface area (Å²) >= 11 is 0. The van der Waals surface area contributed by atoms with E-state index in [2.05, 4.69) is 10.6 Å². The summed E-state index contributed by atoms with van der Waals surface area (Å²) in [7, 11) is 0. The van der Waals surface area contributed by atoms with Crippen molar-refractivity contribution in [2.75, 3.05) is 13.1 Å². The summed E-state index contributed by atoms with van der Waals surface area (Å²) in [6, 6.07) is 5.20. The first-order valence-electron chi connectivity index (χ1n) is 5.84. The number of carbonyl (C=O) groups is 1. The zero-order valence-electron chi connectivity index (χ0n) is 10.2. The molecular weight excluding hydrogens is 216 g/mol. The number of phenols is 1. The van der Waals surface area contributed by atoms with Crippen molar-refractivity contribution in [2.24, 2.45) is 0 Å². The summed E-state index contributed by atoms with van der Waals surface area (Å²) in [5.41, 5.74) is 0.846. The predicted octanol–water partition coefficient (Wildman–Crippen LogP) is 1.18. The van der Waals surface area contributed by atoms with Crippen LogP contribution in [0.15, 0.2) is 18.2 Å². The van der Waals surface area contributed by atoms with Gasteiger partial charge in [-0.2, -0.15) is 0 Å². The molecule has 1 fully saturated rings. The van der Waals surface area contributed by atoms with Gasteiger partial charge in [0.25, 0.3) is 5.91 Å². The van der Waals surface area contributed by atoms with E-state index in [1.807, 2.05) is 6.92 Å². The Morgan fingerprint density at radius 1 is 1.53 bits per heavy atom. The topological polar surface area (TPSA) is 61.4 Å². The molecule has 1 aliphatic heterocycles. The predicted molar refractivity (Wildman–Crippen MR) is 66.2 cm³/mol. The lowest BCUT2D eigenvalue weighted by atomic mass is 10.0. The lowest BCUT2D eigenvalue weighted by Crippen LogP contribution is -2.47. The van der Waals surface area contributed by atoms with E-state index in [1.165, 1.54) is 0 Å². The number of amides is 1. The molecule has 1 heterocycles. The molecule has 1 saturated heterocycles. The first kappa shape index (κ1) is 11.9. The first-order valence-corrected chi connectivity index (χ1v) is 5.84. The number of para-hydroxylation sites is 1. The quantitative estimate of drug-likeness (QED) is 0.720. The Balaban J connectivity index is 2.17. The van der Waals surface area contributed by atoms with Gasteiger partial charge in [0.2, 0.25) is 0 Å². The van der Waals surface area contributed by atoms with Gasteiger partial charge in [-0.1, -0.05) is 12.1 Å². The Morgan fingerprint density at radius 2 is 2.29 bits per heavy atom. The number of rotatable bonds is 2. The molecule has 0 bridgehead atoms. The van der Waals surface area contributed by atoms with E-state index in [0.717, 1.165) is 19.5 Å². The van der Waals surface area contributed by atoms with Crippen LogP contribution >= 0.6 is 0 Å². The second kappa shape index (κ2) is 4.37. The molecule has 0 saturated carbocycles. The Hall–Kier alpha value is -1.55. The maximum Gasteiger partial charge on any atom is 0.255 e. The molecule has 0 aliphatic carbocycles. The van der Waals surface area contributed by atoms with Gasteiger partial charge >= 0.3 is 0 Å². The largest absolute Gasteiger partial charge is 0.507 e. The highest BCUT2D eigenvalue weighted by atomic mass is 16.3. The smallest absolute Gasteiger partial charge is 0.255 e. The first-order chi connectivity index (χ1) is 8.02. The van der Waals surface area contributed by atoms with Gasteiger partial charge in [0.1, 0.15) is 5.75 Å². The molecule has 0 aromatic heterocycles. The summed E-state index contributed by atoms with van der Waals surface area (Å²) in [5.74, 6) is -0.142. The number of nitrogens with one attached hydrogen (secondary N) is 2. The van der Waals surface area contributed by atoms with Crippen molar-refractivity contribution in [1.29, 1.82) is 0 Å². The summed E-state index contributed by atoms with van der Waals surface area (Å²) < 4.78 is 0. The van der Waals surface area contributed by atoms with Crippen LogP contribution in [0, 0.1) is 6.92 Å². The number of hydrogen-bond donors (Lipinski definition) is 3. The van der Waals surface area contributed by atoms with Gasteiger partial charge in [-0.3, -0.25) is 4.79 Å². The monoisotopic (exact) mass is 234 g/mol. The molecule has 4 nitrogen and oxygen atoms in total. The maximum absolute atomic E-state index is 12.1. The number of phenolic OH excluding ortho intramolecular Hbond substituents is 1. The normalized spacial score (nSPS) is 23.6. The highest BCUT2D eigenvalue weighted by Crippen LogP contribution is 2.22. The molecule has 4 heteroatoms. The molecular formula is C13H18N2O2. The Labute approximate surface area is 101 Å². The highest BCUT2D eigenvalue weighted by Gasteiger charge is 2.30. The zero-order chi connectivity index (χ0) is 12.5. The third kappa shape index (κ3) is 2.42. The Kier molecular flexibility index (Phi) is 3.07. The van der Waals surface area contributed by atoms with Crippen molar-refractivity contribution in [1.82, 2.24) is 10.6 Å². The van der Waals surface area contributed by atoms with Gasteiger partial charge in [-0.25, -0.2) is 0 Å². The molecule has 1 unspecified atom stereocenters. The lowest BCUT2D eigenvalue weighted by Gasteiger charge is -2.24.